The highest BCUT2D eigenvalue weighted by atomic mass is 19.1. The van der Waals surface area contributed by atoms with Crippen LogP contribution in [0.3, 0.4) is 0 Å². The SMILES string of the molecule is CN1C(=O)C(Cc2cc(C=O)c(OCc3ccccc3)cc2F)N(C(=O)OC(C)(C)C)C1C(C)(C)C. The fraction of sp³-hybridized carbons (Fsp3) is 0.464. The summed E-state index contributed by atoms with van der Waals surface area (Å²) in [6.45, 7) is 11.2. The molecule has 1 fully saturated rings. The molecule has 8 heteroatoms. The normalized spacial score (nSPS) is 18.4. The quantitative estimate of drug-likeness (QED) is 0.511. The van der Waals surface area contributed by atoms with Gasteiger partial charge in [0, 0.05) is 24.9 Å². The van der Waals surface area contributed by atoms with Gasteiger partial charge in [0.2, 0.25) is 5.91 Å². The number of hydrogen-bond acceptors (Lipinski definition) is 5. The van der Waals surface area contributed by atoms with Crippen molar-refractivity contribution in [2.75, 3.05) is 7.05 Å². The highest BCUT2D eigenvalue weighted by Gasteiger charge is 2.52. The predicted octanol–water partition coefficient (Wildman–Crippen LogP) is 5.21. The van der Waals surface area contributed by atoms with Crippen LogP contribution in [0.1, 0.15) is 63.0 Å². The minimum atomic E-state index is -0.987. The van der Waals surface area contributed by atoms with Gasteiger partial charge in [0.1, 0.15) is 36.0 Å². The van der Waals surface area contributed by atoms with Crippen LogP contribution in [0.15, 0.2) is 42.5 Å². The monoisotopic (exact) mass is 498 g/mol. The molecule has 2 amide bonds. The molecule has 2 aromatic rings. The molecule has 0 bridgehead atoms. The van der Waals surface area contributed by atoms with Gasteiger partial charge in [-0.3, -0.25) is 14.5 Å². The number of likely N-dealkylation sites (N-methyl/N-ethyl adjacent to an activating group) is 1. The molecule has 1 aliphatic heterocycles. The van der Waals surface area contributed by atoms with Crippen molar-refractivity contribution < 1.29 is 28.2 Å². The van der Waals surface area contributed by atoms with Gasteiger partial charge >= 0.3 is 6.09 Å². The Balaban J connectivity index is 1.93. The van der Waals surface area contributed by atoms with Crippen molar-refractivity contribution in [3.8, 4) is 5.75 Å². The van der Waals surface area contributed by atoms with Crippen LogP contribution in [0.5, 0.6) is 5.75 Å². The average Bonchev–Trinajstić information content (AvgIpc) is 3.04. The highest BCUT2D eigenvalue weighted by Crippen LogP contribution is 2.37. The third-order valence-corrected chi connectivity index (χ3v) is 5.93. The van der Waals surface area contributed by atoms with E-state index >= 15 is 4.39 Å². The Kier molecular flexibility index (Phi) is 7.76. The smallest absolute Gasteiger partial charge is 0.412 e. The Morgan fingerprint density at radius 2 is 1.72 bits per heavy atom. The van der Waals surface area contributed by atoms with E-state index in [0.29, 0.717) is 6.29 Å². The lowest BCUT2D eigenvalue weighted by Gasteiger charge is -2.39. The second kappa shape index (κ2) is 10.3. The Labute approximate surface area is 212 Å². The number of carbonyl (C=O) groups is 3. The summed E-state index contributed by atoms with van der Waals surface area (Å²) in [6, 6.07) is 10.9. The van der Waals surface area contributed by atoms with Gasteiger partial charge in [0.15, 0.2) is 6.29 Å². The third-order valence-electron chi connectivity index (χ3n) is 5.93. The van der Waals surface area contributed by atoms with Crippen molar-refractivity contribution in [3.05, 3.63) is 65.0 Å². The fourth-order valence-corrected chi connectivity index (χ4v) is 4.49. The molecule has 0 N–H and O–H groups in total. The summed E-state index contributed by atoms with van der Waals surface area (Å²) in [6.07, 6.45) is -0.758. The first kappa shape index (κ1) is 27.2. The lowest BCUT2D eigenvalue weighted by atomic mass is 9.91. The molecule has 2 unspecified atom stereocenters. The van der Waals surface area contributed by atoms with E-state index in [9.17, 15) is 14.4 Å². The lowest BCUT2D eigenvalue weighted by molar-refractivity contribution is -0.129. The Hall–Kier alpha value is -3.42. The van der Waals surface area contributed by atoms with Gasteiger partial charge in [-0.05, 0) is 38.0 Å². The number of benzene rings is 2. The van der Waals surface area contributed by atoms with E-state index < -0.39 is 35.1 Å². The molecule has 1 saturated heterocycles. The maximum Gasteiger partial charge on any atom is 0.412 e. The number of carbonyl (C=O) groups excluding carboxylic acids is 3. The van der Waals surface area contributed by atoms with Gasteiger partial charge in [0.25, 0.3) is 0 Å². The first-order chi connectivity index (χ1) is 16.7. The number of amides is 2. The van der Waals surface area contributed by atoms with Crippen LogP contribution in [-0.2, 0) is 22.6 Å². The Bertz CT molecular complexity index is 1120. The zero-order valence-corrected chi connectivity index (χ0v) is 22.0. The lowest BCUT2D eigenvalue weighted by Crippen LogP contribution is -2.52. The summed E-state index contributed by atoms with van der Waals surface area (Å²) in [7, 11) is 1.63. The first-order valence-corrected chi connectivity index (χ1v) is 11.9. The first-order valence-electron chi connectivity index (χ1n) is 11.9. The third kappa shape index (κ3) is 6.04. The average molecular weight is 499 g/mol. The molecule has 2 atom stereocenters. The molecular formula is C28H35FN2O5. The molecule has 0 aliphatic carbocycles. The van der Waals surface area contributed by atoms with Crippen molar-refractivity contribution in [2.45, 2.75) is 72.4 Å². The van der Waals surface area contributed by atoms with E-state index in [-0.39, 0.29) is 35.8 Å². The summed E-state index contributed by atoms with van der Waals surface area (Å²) in [5, 5.41) is 0. The van der Waals surface area contributed by atoms with Gasteiger partial charge in [-0.25, -0.2) is 9.18 Å². The molecule has 1 aliphatic rings. The van der Waals surface area contributed by atoms with Crippen LogP contribution in [0, 0.1) is 11.2 Å². The molecule has 2 aromatic carbocycles. The number of rotatable bonds is 6. The van der Waals surface area contributed by atoms with Crippen LogP contribution >= 0.6 is 0 Å². The van der Waals surface area contributed by atoms with Crippen LogP contribution in [0.2, 0.25) is 0 Å². The molecule has 0 saturated carbocycles. The van der Waals surface area contributed by atoms with E-state index in [1.165, 1.54) is 15.9 Å². The summed E-state index contributed by atoms with van der Waals surface area (Å²) < 4.78 is 26.6. The molecule has 7 nitrogen and oxygen atoms in total. The standard InChI is InChI=1S/C28H35FN2O5/c1-27(2,3)25-30(7)24(33)22(31(25)26(34)36-28(4,5)6)14-19-13-20(16-32)23(15-21(19)29)35-17-18-11-9-8-10-12-18/h8-13,15-16,22,25H,14,17H2,1-7H3. The number of aldehydes is 1. The Morgan fingerprint density at radius 3 is 2.28 bits per heavy atom. The van der Waals surface area contributed by atoms with Gasteiger partial charge in [-0.15, -0.1) is 0 Å². The van der Waals surface area contributed by atoms with Gasteiger partial charge in [0.05, 0.1) is 5.56 Å². The maximum atomic E-state index is 15.2. The van der Waals surface area contributed by atoms with Crippen molar-refractivity contribution in [1.82, 2.24) is 9.80 Å². The van der Waals surface area contributed by atoms with E-state index in [4.69, 9.17) is 9.47 Å². The predicted molar refractivity (Wildman–Crippen MR) is 134 cm³/mol. The van der Waals surface area contributed by atoms with Crippen molar-refractivity contribution in [1.29, 1.82) is 0 Å². The van der Waals surface area contributed by atoms with Crippen molar-refractivity contribution in [2.24, 2.45) is 5.41 Å². The number of nitrogens with zero attached hydrogens (tertiary/aromatic N) is 2. The number of hydrogen-bond donors (Lipinski definition) is 0. The van der Waals surface area contributed by atoms with Gasteiger partial charge in [-0.1, -0.05) is 51.1 Å². The summed E-state index contributed by atoms with van der Waals surface area (Å²) in [5.74, 6) is -0.832. The molecule has 0 radical (unpaired) electrons. The van der Waals surface area contributed by atoms with Crippen molar-refractivity contribution in [3.63, 3.8) is 0 Å². The molecule has 1 heterocycles. The topological polar surface area (TPSA) is 76.2 Å². The zero-order chi connectivity index (χ0) is 26.8. The van der Waals surface area contributed by atoms with E-state index in [1.54, 1.807) is 27.8 Å². The van der Waals surface area contributed by atoms with Gasteiger partial charge in [-0.2, -0.15) is 0 Å². The van der Waals surface area contributed by atoms with Gasteiger partial charge < -0.3 is 14.4 Å². The van der Waals surface area contributed by atoms with E-state index in [2.05, 4.69) is 0 Å². The highest BCUT2D eigenvalue weighted by molar-refractivity contribution is 5.90. The van der Waals surface area contributed by atoms with Crippen LogP contribution < -0.4 is 4.74 Å². The fourth-order valence-electron chi connectivity index (χ4n) is 4.49. The summed E-state index contributed by atoms with van der Waals surface area (Å²) in [4.78, 5) is 41.3. The minimum absolute atomic E-state index is 0.110. The van der Waals surface area contributed by atoms with Crippen molar-refractivity contribution >= 4 is 18.3 Å². The minimum Gasteiger partial charge on any atom is -0.488 e. The van der Waals surface area contributed by atoms with Crippen LogP contribution in [0.25, 0.3) is 0 Å². The molecule has 36 heavy (non-hydrogen) atoms. The molecule has 3 rings (SSSR count). The molecule has 194 valence electrons. The molecule has 0 spiro atoms. The van der Waals surface area contributed by atoms with Crippen LogP contribution in [-0.4, -0.2) is 52.9 Å². The summed E-state index contributed by atoms with van der Waals surface area (Å²) >= 11 is 0. The second-order valence-corrected chi connectivity index (χ2v) is 11.2. The number of halogens is 1. The Morgan fingerprint density at radius 1 is 1.08 bits per heavy atom. The molecular weight excluding hydrogens is 463 g/mol. The van der Waals surface area contributed by atoms with E-state index in [0.717, 1.165) is 11.6 Å². The maximum absolute atomic E-state index is 15.2. The summed E-state index contributed by atoms with van der Waals surface area (Å²) in [5.41, 5.74) is -0.0874. The van der Waals surface area contributed by atoms with Crippen LogP contribution in [0.4, 0.5) is 9.18 Å². The molecule has 0 aromatic heterocycles. The van der Waals surface area contributed by atoms with E-state index in [1.807, 2.05) is 51.1 Å². The zero-order valence-electron chi connectivity index (χ0n) is 22.0. The number of ether oxygens (including phenoxy) is 2. The second-order valence-electron chi connectivity index (χ2n) is 11.2. The largest absolute Gasteiger partial charge is 0.488 e.